The lowest BCUT2D eigenvalue weighted by Crippen LogP contribution is -2.21. The molecule has 0 spiro atoms. The standard InChI is InChI=1S/C26H24N2O3.C2HF3O2/c1-17-22-12-13-28(18-8-7-11-20(14-18)31-19-9-5-4-6-10-19)26(22)23-15-21(29-2)16-24(30-3)25(23)27-17;3-2(4,5)1(6)7/h4-11,14-16H,12-13H2,1-3H3;(H,6,7). The number of hydrogen-bond donors (Lipinski definition) is 1. The summed E-state index contributed by atoms with van der Waals surface area (Å²) in [4.78, 5) is 16.1. The minimum absolute atomic E-state index is 0.716. The van der Waals surface area contributed by atoms with Gasteiger partial charge in [-0.3, -0.25) is 0 Å². The van der Waals surface area contributed by atoms with Gasteiger partial charge < -0.3 is 24.2 Å². The van der Waals surface area contributed by atoms with E-state index in [4.69, 9.17) is 29.1 Å². The lowest BCUT2D eigenvalue weighted by molar-refractivity contribution is -0.192. The fraction of sp³-hybridized carbons (Fsp3) is 0.214. The van der Waals surface area contributed by atoms with Gasteiger partial charge in [-0.1, -0.05) is 24.3 Å². The van der Waals surface area contributed by atoms with Gasteiger partial charge in [-0.2, -0.15) is 13.2 Å². The Bertz CT molecular complexity index is 1460. The van der Waals surface area contributed by atoms with Gasteiger partial charge in [0.05, 0.1) is 19.9 Å². The molecule has 5 rings (SSSR count). The third-order valence-electron chi connectivity index (χ3n) is 5.97. The highest BCUT2D eigenvalue weighted by Crippen LogP contribution is 2.45. The maximum Gasteiger partial charge on any atom is 0.490 e. The number of pyridine rings is 1. The van der Waals surface area contributed by atoms with Crippen LogP contribution in [-0.4, -0.2) is 43.0 Å². The summed E-state index contributed by atoms with van der Waals surface area (Å²) in [7, 11) is 3.34. The first-order valence-electron chi connectivity index (χ1n) is 11.6. The van der Waals surface area contributed by atoms with Crippen molar-refractivity contribution in [2.45, 2.75) is 19.5 Å². The third-order valence-corrected chi connectivity index (χ3v) is 5.97. The maximum atomic E-state index is 10.6. The van der Waals surface area contributed by atoms with Gasteiger partial charge in [-0.15, -0.1) is 0 Å². The molecule has 0 unspecified atom stereocenters. The molecule has 1 aliphatic heterocycles. The molecule has 0 saturated heterocycles. The maximum absolute atomic E-state index is 10.6. The zero-order valence-corrected chi connectivity index (χ0v) is 20.9. The van der Waals surface area contributed by atoms with Gasteiger partial charge in [0.2, 0.25) is 0 Å². The summed E-state index contributed by atoms with van der Waals surface area (Å²) in [5.74, 6) is 0.342. The van der Waals surface area contributed by atoms with Crippen LogP contribution in [0.5, 0.6) is 23.0 Å². The highest BCUT2D eigenvalue weighted by atomic mass is 19.4. The second-order valence-electron chi connectivity index (χ2n) is 8.37. The van der Waals surface area contributed by atoms with Crippen LogP contribution in [-0.2, 0) is 11.2 Å². The first-order chi connectivity index (χ1) is 18.1. The number of carboxylic acid groups (broad SMARTS) is 1. The number of aryl methyl sites for hydroxylation is 1. The molecule has 1 aromatic heterocycles. The molecule has 2 heterocycles. The van der Waals surface area contributed by atoms with Gasteiger partial charge in [0.25, 0.3) is 0 Å². The Labute approximate surface area is 217 Å². The first kappa shape index (κ1) is 26.6. The average molecular weight is 527 g/mol. The summed E-state index contributed by atoms with van der Waals surface area (Å²) >= 11 is 0. The smallest absolute Gasteiger partial charge is 0.490 e. The molecular weight excluding hydrogens is 501 g/mol. The number of para-hydroxylation sites is 1. The van der Waals surface area contributed by atoms with Crippen LogP contribution in [0.4, 0.5) is 24.5 Å². The number of benzene rings is 3. The lowest BCUT2D eigenvalue weighted by Gasteiger charge is -2.23. The summed E-state index contributed by atoms with van der Waals surface area (Å²) < 4.78 is 49.0. The number of nitrogens with zero attached hydrogens (tertiary/aromatic N) is 2. The fourth-order valence-electron chi connectivity index (χ4n) is 4.26. The minimum atomic E-state index is -5.08. The average Bonchev–Trinajstić information content (AvgIpc) is 3.35. The van der Waals surface area contributed by atoms with Crippen LogP contribution < -0.4 is 19.1 Å². The van der Waals surface area contributed by atoms with Gasteiger partial charge in [-0.05, 0) is 49.2 Å². The molecule has 0 radical (unpaired) electrons. The van der Waals surface area contributed by atoms with Crippen molar-refractivity contribution in [1.82, 2.24) is 4.98 Å². The second kappa shape index (κ2) is 10.9. The highest BCUT2D eigenvalue weighted by molar-refractivity contribution is 6.01. The van der Waals surface area contributed by atoms with Crippen molar-refractivity contribution in [2.24, 2.45) is 0 Å². The molecule has 0 fully saturated rings. The quantitative estimate of drug-likeness (QED) is 0.311. The SMILES string of the molecule is COc1cc(OC)c2nc(C)c3c(c2c1)N(c1cccc(Oc2ccccc2)c1)CC3.O=C(O)C(F)(F)F. The Hall–Kier alpha value is -4.47. The molecule has 0 amide bonds. The molecule has 3 aromatic carbocycles. The number of carbonyl (C=O) groups is 1. The van der Waals surface area contributed by atoms with Gasteiger partial charge >= 0.3 is 12.1 Å². The van der Waals surface area contributed by atoms with E-state index in [0.717, 1.165) is 58.2 Å². The van der Waals surface area contributed by atoms with E-state index in [1.54, 1.807) is 14.2 Å². The van der Waals surface area contributed by atoms with Crippen LogP contribution in [0, 0.1) is 6.92 Å². The van der Waals surface area contributed by atoms with Crippen LogP contribution in [0.2, 0.25) is 0 Å². The van der Waals surface area contributed by atoms with Crippen LogP contribution in [0.1, 0.15) is 11.3 Å². The monoisotopic (exact) mass is 526 g/mol. The number of carboxylic acids is 1. The highest BCUT2D eigenvalue weighted by Gasteiger charge is 2.38. The molecule has 4 aromatic rings. The number of aromatic nitrogens is 1. The molecule has 1 aliphatic rings. The van der Waals surface area contributed by atoms with E-state index in [2.05, 4.69) is 24.0 Å². The Morgan fingerprint density at radius 3 is 2.26 bits per heavy atom. The summed E-state index contributed by atoms with van der Waals surface area (Å²) in [6.45, 7) is 2.95. The normalized spacial score (nSPS) is 12.4. The first-order valence-corrected chi connectivity index (χ1v) is 11.6. The number of methoxy groups -OCH3 is 2. The number of alkyl halides is 3. The van der Waals surface area contributed by atoms with Gasteiger partial charge in [0, 0.05) is 35.4 Å². The van der Waals surface area contributed by atoms with Crippen molar-refractivity contribution in [3.05, 3.63) is 78.0 Å². The van der Waals surface area contributed by atoms with Gasteiger partial charge in [0.15, 0.2) is 0 Å². The summed E-state index contributed by atoms with van der Waals surface area (Å²) in [5.41, 5.74) is 5.39. The second-order valence-corrected chi connectivity index (χ2v) is 8.37. The van der Waals surface area contributed by atoms with Crippen molar-refractivity contribution in [2.75, 3.05) is 25.7 Å². The van der Waals surface area contributed by atoms with Crippen LogP contribution in [0.25, 0.3) is 10.9 Å². The number of hydrogen-bond acceptors (Lipinski definition) is 6. The number of anilines is 2. The number of ether oxygens (including phenoxy) is 3. The molecule has 7 nitrogen and oxygen atoms in total. The van der Waals surface area contributed by atoms with Gasteiger partial charge in [-0.25, -0.2) is 9.78 Å². The fourth-order valence-corrected chi connectivity index (χ4v) is 4.26. The minimum Gasteiger partial charge on any atom is -0.497 e. The van der Waals surface area contributed by atoms with E-state index >= 15 is 0 Å². The molecule has 1 N–H and O–H groups in total. The number of halogens is 3. The van der Waals surface area contributed by atoms with E-state index < -0.39 is 12.1 Å². The van der Waals surface area contributed by atoms with Crippen molar-refractivity contribution >= 4 is 28.2 Å². The van der Waals surface area contributed by atoms with E-state index in [1.165, 1.54) is 5.56 Å². The van der Waals surface area contributed by atoms with Gasteiger partial charge in [0.1, 0.15) is 28.5 Å². The van der Waals surface area contributed by atoms with Crippen molar-refractivity contribution in [1.29, 1.82) is 0 Å². The summed E-state index contributed by atoms with van der Waals surface area (Å²) in [5, 5.41) is 8.16. The lowest BCUT2D eigenvalue weighted by atomic mass is 10.1. The predicted octanol–water partition coefficient (Wildman–Crippen LogP) is 6.68. The van der Waals surface area contributed by atoms with Crippen LogP contribution in [0.15, 0.2) is 66.7 Å². The molecular formula is C28H25F3N2O5. The number of fused-ring (bicyclic) bond motifs is 3. The Kier molecular flexibility index (Phi) is 7.61. The Morgan fingerprint density at radius 2 is 1.63 bits per heavy atom. The zero-order chi connectivity index (χ0) is 27.4. The van der Waals surface area contributed by atoms with E-state index in [0.29, 0.717) is 5.75 Å². The molecule has 38 heavy (non-hydrogen) atoms. The summed E-state index contributed by atoms with van der Waals surface area (Å²) in [6.07, 6.45) is -4.15. The van der Waals surface area contributed by atoms with Crippen LogP contribution >= 0.6 is 0 Å². The third kappa shape index (κ3) is 5.59. The zero-order valence-electron chi connectivity index (χ0n) is 20.9. The predicted molar refractivity (Wildman–Crippen MR) is 137 cm³/mol. The largest absolute Gasteiger partial charge is 0.497 e. The van der Waals surface area contributed by atoms with Crippen LogP contribution in [0.3, 0.4) is 0 Å². The van der Waals surface area contributed by atoms with E-state index in [-0.39, 0.29) is 0 Å². The topological polar surface area (TPSA) is 81.1 Å². The Morgan fingerprint density at radius 1 is 0.947 bits per heavy atom. The Balaban J connectivity index is 0.000000426. The number of rotatable bonds is 5. The summed E-state index contributed by atoms with van der Waals surface area (Å²) in [6, 6.07) is 22.0. The molecule has 0 aliphatic carbocycles. The van der Waals surface area contributed by atoms with E-state index in [9.17, 15) is 13.2 Å². The van der Waals surface area contributed by atoms with E-state index in [1.807, 2.05) is 54.6 Å². The van der Waals surface area contributed by atoms with Crippen molar-refractivity contribution < 1.29 is 37.3 Å². The molecule has 0 atom stereocenters. The van der Waals surface area contributed by atoms with Crippen molar-refractivity contribution in [3.63, 3.8) is 0 Å². The molecule has 198 valence electrons. The molecule has 0 saturated carbocycles. The molecule has 10 heteroatoms. The number of aliphatic carboxylic acids is 1. The van der Waals surface area contributed by atoms with Crippen molar-refractivity contribution in [3.8, 4) is 23.0 Å². The molecule has 0 bridgehead atoms.